The molecule has 1 unspecified atom stereocenters. The Morgan fingerprint density at radius 2 is 1.74 bits per heavy atom. The van der Waals surface area contributed by atoms with Crippen molar-refractivity contribution in [1.82, 2.24) is 4.90 Å². The number of likely N-dealkylation sites (N-methyl/N-ethyl adjacent to an activating group) is 1. The number of hydrogen-bond donors (Lipinski definition) is 2. The van der Waals surface area contributed by atoms with E-state index in [1.165, 1.54) is 16.7 Å². The van der Waals surface area contributed by atoms with Crippen molar-refractivity contribution in [2.75, 3.05) is 20.1 Å². The molecular formula is C16H28N2O. The maximum atomic E-state index is 9.77. The van der Waals surface area contributed by atoms with Crippen molar-refractivity contribution in [2.24, 2.45) is 5.73 Å². The van der Waals surface area contributed by atoms with Gasteiger partial charge in [0.05, 0.1) is 5.60 Å². The molecular weight excluding hydrogens is 236 g/mol. The molecule has 1 rings (SSSR count). The molecule has 0 aliphatic carbocycles. The van der Waals surface area contributed by atoms with Crippen molar-refractivity contribution in [3.05, 3.63) is 34.9 Å². The van der Waals surface area contributed by atoms with Crippen LogP contribution in [0.1, 0.15) is 43.0 Å². The number of benzene rings is 1. The topological polar surface area (TPSA) is 49.5 Å². The number of nitrogens with two attached hydrogens (primary N) is 1. The summed E-state index contributed by atoms with van der Waals surface area (Å²) in [5.41, 5.74) is 9.32. The third kappa shape index (κ3) is 6.19. The van der Waals surface area contributed by atoms with Gasteiger partial charge in [-0.2, -0.15) is 0 Å². The second kappa shape index (κ2) is 6.51. The fourth-order valence-corrected chi connectivity index (χ4v) is 2.49. The van der Waals surface area contributed by atoms with Crippen molar-refractivity contribution < 1.29 is 5.11 Å². The molecule has 1 aromatic rings. The van der Waals surface area contributed by atoms with E-state index in [-0.39, 0.29) is 6.04 Å². The number of rotatable bonds is 6. The average Bonchev–Trinajstić information content (AvgIpc) is 2.22. The fraction of sp³-hybridized carbons (Fsp3) is 0.625. The Bertz CT molecular complexity index is 389. The van der Waals surface area contributed by atoms with Crippen LogP contribution < -0.4 is 5.73 Å². The SMILES string of the molecule is Cc1cc(C)cc(C(N)CCN(C)CC(C)(C)O)c1. The van der Waals surface area contributed by atoms with E-state index < -0.39 is 5.60 Å². The lowest BCUT2D eigenvalue weighted by Crippen LogP contribution is -2.37. The number of aryl methyl sites for hydroxylation is 2. The van der Waals surface area contributed by atoms with Gasteiger partial charge in [-0.25, -0.2) is 0 Å². The van der Waals surface area contributed by atoms with Crippen molar-refractivity contribution in [2.45, 2.75) is 45.8 Å². The van der Waals surface area contributed by atoms with Gasteiger partial charge < -0.3 is 15.7 Å². The molecule has 0 radical (unpaired) electrons. The summed E-state index contributed by atoms with van der Waals surface area (Å²) in [5.74, 6) is 0. The zero-order valence-corrected chi connectivity index (χ0v) is 12.9. The van der Waals surface area contributed by atoms with Crippen LogP contribution in [0.15, 0.2) is 18.2 Å². The van der Waals surface area contributed by atoms with Crippen molar-refractivity contribution in [3.63, 3.8) is 0 Å². The fourth-order valence-electron chi connectivity index (χ4n) is 2.49. The molecule has 3 heteroatoms. The Hall–Kier alpha value is -0.900. The van der Waals surface area contributed by atoms with Gasteiger partial charge in [-0.15, -0.1) is 0 Å². The largest absolute Gasteiger partial charge is 0.389 e. The highest BCUT2D eigenvalue weighted by Crippen LogP contribution is 2.18. The van der Waals surface area contributed by atoms with Crippen LogP contribution in [-0.2, 0) is 0 Å². The summed E-state index contributed by atoms with van der Waals surface area (Å²) in [6.45, 7) is 9.40. The van der Waals surface area contributed by atoms with E-state index >= 15 is 0 Å². The summed E-state index contributed by atoms with van der Waals surface area (Å²) >= 11 is 0. The molecule has 19 heavy (non-hydrogen) atoms. The van der Waals surface area contributed by atoms with Crippen LogP contribution in [0, 0.1) is 13.8 Å². The summed E-state index contributed by atoms with van der Waals surface area (Å²) in [6.07, 6.45) is 0.898. The van der Waals surface area contributed by atoms with Crippen LogP contribution in [0.4, 0.5) is 0 Å². The zero-order valence-electron chi connectivity index (χ0n) is 12.9. The Balaban J connectivity index is 2.53. The van der Waals surface area contributed by atoms with Crippen LogP contribution in [0.2, 0.25) is 0 Å². The van der Waals surface area contributed by atoms with E-state index in [4.69, 9.17) is 5.73 Å². The van der Waals surface area contributed by atoms with Crippen LogP contribution >= 0.6 is 0 Å². The number of nitrogens with zero attached hydrogens (tertiary/aromatic N) is 1. The van der Waals surface area contributed by atoms with E-state index in [2.05, 4.69) is 36.9 Å². The van der Waals surface area contributed by atoms with Gasteiger partial charge in [0.15, 0.2) is 0 Å². The smallest absolute Gasteiger partial charge is 0.0718 e. The molecule has 0 amide bonds. The lowest BCUT2D eigenvalue weighted by atomic mass is 9.99. The predicted molar refractivity (Wildman–Crippen MR) is 81.3 cm³/mol. The number of aliphatic hydroxyl groups is 1. The first-order valence-electron chi connectivity index (χ1n) is 6.92. The van der Waals surface area contributed by atoms with Crippen LogP contribution in [0.3, 0.4) is 0 Å². The first-order chi connectivity index (χ1) is 8.67. The van der Waals surface area contributed by atoms with Gasteiger partial charge in [-0.3, -0.25) is 0 Å². The minimum atomic E-state index is -0.654. The first-order valence-corrected chi connectivity index (χ1v) is 6.92. The van der Waals surface area contributed by atoms with E-state index in [0.717, 1.165) is 13.0 Å². The molecule has 1 aromatic carbocycles. The Morgan fingerprint density at radius 1 is 1.21 bits per heavy atom. The van der Waals surface area contributed by atoms with Crippen LogP contribution in [0.25, 0.3) is 0 Å². The first kappa shape index (κ1) is 16.2. The standard InChI is InChI=1S/C16H28N2O/c1-12-8-13(2)10-14(9-12)15(17)6-7-18(5)11-16(3,4)19/h8-10,15,19H,6-7,11,17H2,1-5H3. The van der Waals surface area contributed by atoms with Gasteiger partial charge in [-0.05, 0) is 53.3 Å². The van der Waals surface area contributed by atoms with Gasteiger partial charge >= 0.3 is 0 Å². The highest BCUT2D eigenvalue weighted by molar-refractivity contribution is 5.30. The lowest BCUT2D eigenvalue weighted by molar-refractivity contribution is 0.0438. The molecule has 3 N–H and O–H groups in total. The van der Waals surface area contributed by atoms with E-state index in [0.29, 0.717) is 6.54 Å². The predicted octanol–water partition coefficient (Wildman–Crippen LogP) is 2.40. The van der Waals surface area contributed by atoms with Crippen molar-refractivity contribution in [3.8, 4) is 0 Å². The van der Waals surface area contributed by atoms with Crippen molar-refractivity contribution in [1.29, 1.82) is 0 Å². The van der Waals surface area contributed by atoms with Gasteiger partial charge in [-0.1, -0.05) is 29.3 Å². The van der Waals surface area contributed by atoms with Crippen LogP contribution in [-0.4, -0.2) is 35.7 Å². The molecule has 0 saturated carbocycles. The molecule has 0 fully saturated rings. The highest BCUT2D eigenvalue weighted by Gasteiger charge is 2.16. The molecule has 3 nitrogen and oxygen atoms in total. The number of hydrogen-bond acceptors (Lipinski definition) is 3. The molecule has 0 aliphatic heterocycles. The summed E-state index contributed by atoms with van der Waals surface area (Å²) < 4.78 is 0. The van der Waals surface area contributed by atoms with Crippen LogP contribution in [0.5, 0.6) is 0 Å². The van der Waals surface area contributed by atoms with E-state index in [1.807, 2.05) is 20.9 Å². The second-order valence-electron chi connectivity index (χ2n) is 6.37. The summed E-state index contributed by atoms with van der Waals surface area (Å²) in [7, 11) is 2.02. The van der Waals surface area contributed by atoms with Gasteiger partial charge in [0.25, 0.3) is 0 Å². The molecule has 0 bridgehead atoms. The molecule has 0 aromatic heterocycles. The molecule has 0 heterocycles. The summed E-state index contributed by atoms with van der Waals surface area (Å²) in [5, 5.41) is 9.77. The summed E-state index contributed by atoms with van der Waals surface area (Å²) in [6, 6.07) is 6.54. The quantitative estimate of drug-likeness (QED) is 0.829. The molecule has 0 spiro atoms. The zero-order chi connectivity index (χ0) is 14.6. The normalized spacial score (nSPS) is 13.9. The van der Waals surface area contributed by atoms with E-state index in [9.17, 15) is 5.11 Å². The second-order valence-corrected chi connectivity index (χ2v) is 6.37. The van der Waals surface area contributed by atoms with Gasteiger partial charge in [0, 0.05) is 12.6 Å². The third-order valence-electron chi connectivity index (χ3n) is 3.15. The van der Waals surface area contributed by atoms with E-state index in [1.54, 1.807) is 0 Å². The van der Waals surface area contributed by atoms with Gasteiger partial charge in [0.1, 0.15) is 0 Å². The van der Waals surface area contributed by atoms with Crippen molar-refractivity contribution >= 4 is 0 Å². The lowest BCUT2D eigenvalue weighted by Gasteiger charge is -2.26. The Kier molecular flexibility index (Phi) is 5.53. The average molecular weight is 264 g/mol. The summed E-state index contributed by atoms with van der Waals surface area (Å²) in [4.78, 5) is 2.13. The maximum absolute atomic E-state index is 9.77. The monoisotopic (exact) mass is 264 g/mol. The minimum absolute atomic E-state index is 0.0582. The molecule has 1 atom stereocenters. The highest BCUT2D eigenvalue weighted by atomic mass is 16.3. The molecule has 108 valence electrons. The Morgan fingerprint density at radius 3 is 2.21 bits per heavy atom. The maximum Gasteiger partial charge on any atom is 0.0718 e. The third-order valence-corrected chi connectivity index (χ3v) is 3.15. The minimum Gasteiger partial charge on any atom is -0.389 e. The molecule has 0 aliphatic rings. The molecule has 0 saturated heterocycles. The van der Waals surface area contributed by atoms with Gasteiger partial charge in [0.2, 0.25) is 0 Å². The Labute approximate surface area is 117 Å².